The molecule has 0 saturated carbocycles. The van der Waals surface area contributed by atoms with Crippen LogP contribution >= 0.6 is 12.2 Å². The van der Waals surface area contributed by atoms with E-state index in [1.165, 1.54) is 23.0 Å². The van der Waals surface area contributed by atoms with Gasteiger partial charge in [0, 0.05) is 11.4 Å². The van der Waals surface area contributed by atoms with Crippen LogP contribution in [0.1, 0.15) is 27.2 Å². The fourth-order valence-corrected chi connectivity index (χ4v) is 2.80. The number of thiocarbonyl (C=S) groups is 1. The molecule has 0 radical (unpaired) electrons. The van der Waals surface area contributed by atoms with Gasteiger partial charge in [-0.05, 0) is 56.4 Å². The third kappa shape index (κ3) is 4.77. The van der Waals surface area contributed by atoms with Crippen LogP contribution in [0, 0.1) is 13.8 Å². The highest BCUT2D eigenvalue weighted by molar-refractivity contribution is 7.80. The Kier molecular flexibility index (Phi) is 5.89. The summed E-state index contributed by atoms with van der Waals surface area (Å²) in [5, 5.41) is 19.1. The number of hydrogen-bond donors (Lipinski definition) is 4. The van der Waals surface area contributed by atoms with Gasteiger partial charge >= 0.3 is 5.97 Å². The summed E-state index contributed by atoms with van der Waals surface area (Å²) in [6.07, 6.45) is 1.39. The van der Waals surface area contributed by atoms with Gasteiger partial charge in [-0.15, -0.1) is 0 Å². The molecule has 3 rings (SSSR count). The van der Waals surface area contributed by atoms with Crippen LogP contribution in [0.5, 0.6) is 0 Å². The largest absolute Gasteiger partial charge is 0.478 e. The molecular weight excluding hydrogens is 390 g/mol. The number of nitrogens with zero attached hydrogens (tertiary/aromatic N) is 2. The van der Waals surface area contributed by atoms with Crippen molar-refractivity contribution in [3.05, 3.63) is 81.3 Å². The van der Waals surface area contributed by atoms with Gasteiger partial charge in [0.2, 0.25) is 0 Å². The van der Waals surface area contributed by atoms with Crippen LogP contribution in [-0.4, -0.2) is 32.2 Å². The number of anilines is 1. The molecule has 148 valence electrons. The van der Waals surface area contributed by atoms with E-state index in [0.29, 0.717) is 16.9 Å². The molecule has 0 saturated heterocycles. The number of hydrazone groups is 1. The van der Waals surface area contributed by atoms with Gasteiger partial charge in [-0.2, -0.15) is 5.10 Å². The summed E-state index contributed by atoms with van der Waals surface area (Å²) in [6.45, 7) is 3.76. The van der Waals surface area contributed by atoms with E-state index >= 15 is 0 Å². The van der Waals surface area contributed by atoms with E-state index < -0.39 is 5.97 Å². The van der Waals surface area contributed by atoms with Crippen LogP contribution in [0.25, 0.3) is 5.69 Å². The normalized spacial score (nSPS) is 10.8. The number of nitrogens with one attached hydrogen (secondary N) is 3. The predicted octanol–water partition coefficient (Wildman–Crippen LogP) is 2.80. The number of benzene rings is 2. The molecule has 2 aromatic carbocycles. The van der Waals surface area contributed by atoms with Crippen LogP contribution < -0.4 is 16.3 Å². The van der Waals surface area contributed by atoms with Crippen LogP contribution in [-0.2, 0) is 0 Å². The average molecular weight is 409 g/mol. The Morgan fingerprint density at radius 1 is 1.21 bits per heavy atom. The number of aryl methyl sites for hydroxylation is 2. The van der Waals surface area contributed by atoms with E-state index in [0.717, 1.165) is 11.3 Å². The Labute approximate surface area is 171 Å². The molecule has 29 heavy (non-hydrogen) atoms. The van der Waals surface area contributed by atoms with Gasteiger partial charge in [0.15, 0.2) is 5.11 Å². The fraction of sp³-hybridized carbons (Fsp3) is 0.100. The molecule has 1 heterocycles. The van der Waals surface area contributed by atoms with Gasteiger partial charge in [0.1, 0.15) is 0 Å². The van der Waals surface area contributed by atoms with Crippen molar-refractivity contribution in [1.29, 1.82) is 0 Å². The Hall–Kier alpha value is -3.72. The zero-order chi connectivity index (χ0) is 21.0. The Morgan fingerprint density at radius 2 is 1.93 bits per heavy atom. The number of carboxylic acid groups (broad SMARTS) is 1. The van der Waals surface area contributed by atoms with Gasteiger partial charge in [0.05, 0.1) is 23.0 Å². The van der Waals surface area contributed by atoms with Crippen molar-refractivity contribution in [2.45, 2.75) is 13.8 Å². The number of H-pyrrole nitrogens is 1. The summed E-state index contributed by atoms with van der Waals surface area (Å²) in [7, 11) is 0. The standard InChI is InChI=1S/C20H19N5O3S/c1-12-6-8-16(9-7-12)25-18(26)17(13(2)24-25)11-21-23-20(29)22-15-5-3-4-14(10-15)19(27)28/h3-11,24H,1-2H3,(H,27,28)(H2,22,23,29)/b21-11+. The second-order valence-electron chi connectivity index (χ2n) is 6.34. The smallest absolute Gasteiger partial charge is 0.335 e. The molecule has 0 amide bonds. The lowest BCUT2D eigenvalue weighted by Crippen LogP contribution is -2.24. The topological polar surface area (TPSA) is 112 Å². The van der Waals surface area contributed by atoms with E-state index in [2.05, 4.69) is 20.9 Å². The average Bonchev–Trinajstić information content (AvgIpc) is 2.97. The van der Waals surface area contributed by atoms with Gasteiger partial charge in [-0.1, -0.05) is 23.8 Å². The molecule has 0 aliphatic rings. The molecule has 9 heteroatoms. The Morgan fingerprint density at radius 3 is 2.62 bits per heavy atom. The lowest BCUT2D eigenvalue weighted by molar-refractivity contribution is 0.0697. The minimum atomic E-state index is -1.03. The maximum Gasteiger partial charge on any atom is 0.335 e. The molecule has 0 aliphatic heterocycles. The molecule has 3 aromatic rings. The third-order valence-electron chi connectivity index (χ3n) is 4.14. The summed E-state index contributed by atoms with van der Waals surface area (Å²) >= 11 is 5.15. The summed E-state index contributed by atoms with van der Waals surface area (Å²) in [5.74, 6) is -1.03. The second-order valence-corrected chi connectivity index (χ2v) is 6.74. The third-order valence-corrected chi connectivity index (χ3v) is 4.33. The number of carboxylic acids is 1. The van der Waals surface area contributed by atoms with Crippen molar-refractivity contribution in [2.24, 2.45) is 5.10 Å². The van der Waals surface area contributed by atoms with Crippen LogP contribution in [0.15, 0.2) is 58.4 Å². The maximum absolute atomic E-state index is 12.7. The van der Waals surface area contributed by atoms with Crippen molar-refractivity contribution in [2.75, 3.05) is 5.32 Å². The fourth-order valence-electron chi connectivity index (χ4n) is 2.63. The van der Waals surface area contributed by atoms with Gasteiger partial charge < -0.3 is 10.4 Å². The highest BCUT2D eigenvalue weighted by atomic mass is 32.1. The lowest BCUT2D eigenvalue weighted by Gasteiger charge is -2.07. The molecule has 0 unspecified atom stereocenters. The SMILES string of the molecule is Cc1ccc(-n2[nH]c(C)c(/C=N/NC(=S)Nc3cccc(C(=O)O)c3)c2=O)cc1. The van der Waals surface area contributed by atoms with E-state index in [1.807, 2.05) is 31.2 Å². The molecule has 0 aliphatic carbocycles. The van der Waals surface area contributed by atoms with Crippen LogP contribution in [0.2, 0.25) is 0 Å². The number of aromatic amines is 1. The summed E-state index contributed by atoms with van der Waals surface area (Å²) in [5.41, 5.74) is 5.93. The quantitative estimate of drug-likeness (QED) is 0.293. The molecule has 4 N–H and O–H groups in total. The number of aromatic carboxylic acids is 1. The summed E-state index contributed by atoms with van der Waals surface area (Å²) < 4.78 is 1.45. The highest BCUT2D eigenvalue weighted by Crippen LogP contribution is 2.11. The highest BCUT2D eigenvalue weighted by Gasteiger charge is 2.10. The molecule has 0 fully saturated rings. The van der Waals surface area contributed by atoms with Crippen molar-refractivity contribution in [1.82, 2.24) is 15.2 Å². The minimum Gasteiger partial charge on any atom is -0.478 e. The van der Waals surface area contributed by atoms with Crippen LogP contribution in [0.4, 0.5) is 5.69 Å². The first kappa shape index (κ1) is 20.0. The van der Waals surface area contributed by atoms with E-state index in [4.69, 9.17) is 17.3 Å². The molecule has 8 nitrogen and oxygen atoms in total. The van der Waals surface area contributed by atoms with Crippen LogP contribution in [0.3, 0.4) is 0 Å². The molecule has 0 bridgehead atoms. The van der Waals surface area contributed by atoms with Crippen molar-refractivity contribution < 1.29 is 9.90 Å². The second kappa shape index (κ2) is 8.53. The molecule has 1 aromatic heterocycles. The summed E-state index contributed by atoms with van der Waals surface area (Å²) in [6, 6.07) is 13.8. The number of carbonyl (C=O) groups is 1. The monoisotopic (exact) mass is 409 g/mol. The van der Waals surface area contributed by atoms with E-state index in [-0.39, 0.29) is 16.2 Å². The lowest BCUT2D eigenvalue weighted by atomic mass is 10.2. The minimum absolute atomic E-state index is 0.140. The van der Waals surface area contributed by atoms with Gasteiger partial charge in [-0.25, -0.2) is 9.48 Å². The number of hydrogen-bond acceptors (Lipinski definition) is 4. The van der Waals surface area contributed by atoms with Gasteiger partial charge in [-0.3, -0.25) is 15.3 Å². The molecular formula is C20H19N5O3S. The van der Waals surface area contributed by atoms with Crippen molar-refractivity contribution in [3.8, 4) is 5.69 Å². The van der Waals surface area contributed by atoms with Crippen molar-refractivity contribution >= 4 is 35.2 Å². The van der Waals surface area contributed by atoms with Gasteiger partial charge in [0.25, 0.3) is 5.56 Å². The molecule has 0 atom stereocenters. The predicted molar refractivity (Wildman–Crippen MR) is 116 cm³/mol. The number of rotatable bonds is 5. The Balaban J connectivity index is 1.70. The first-order valence-corrected chi connectivity index (χ1v) is 9.08. The number of aromatic nitrogens is 2. The zero-order valence-electron chi connectivity index (χ0n) is 15.8. The Bertz CT molecular complexity index is 1150. The first-order valence-electron chi connectivity index (χ1n) is 8.67. The van der Waals surface area contributed by atoms with Crippen molar-refractivity contribution in [3.63, 3.8) is 0 Å². The maximum atomic E-state index is 12.7. The summed E-state index contributed by atoms with van der Waals surface area (Å²) in [4.78, 5) is 23.7. The first-order chi connectivity index (χ1) is 13.8. The zero-order valence-corrected chi connectivity index (χ0v) is 16.6. The van der Waals surface area contributed by atoms with E-state index in [9.17, 15) is 9.59 Å². The van der Waals surface area contributed by atoms with E-state index in [1.54, 1.807) is 19.1 Å². The molecule has 0 spiro atoms.